The maximum atomic E-state index is 13.6. The van der Waals surface area contributed by atoms with Crippen LogP contribution in [-0.2, 0) is 0 Å². The molecule has 0 spiro atoms. The molecule has 0 aliphatic rings. The zero-order valence-corrected chi connectivity index (χ0v) is 8.30. The van der Waals surface area contributed by atoms with Crippen molar-refractivity contribution in [2.24, 2.45) is 0 Å². The van der Waals surface area contributed by atoms with E-state index in [0.717, 1.165) is 0 Å². The third kappa shape index (κ3) is 2.20. The molecule has 72 valence electrons. The van der Waals surface area contributed by atoms with Crippen molar-refractivity contribution in [3.05, 3.63) is 29.6 Å². The third-order valence-corrected chi connectivity index (χ3v) is 1.92. The summed E-state index contributed by atoms with van der Waals surface area (Å²) in [6, 6.07) is 5.27. The van der Waals surface area contributed by atoms with Crippen molar-refractivity contribution in [1.82, 2.24) is 0 Å². The van der Waals surface area contributed by atoms with Crippen LogP contribution in [0.4, 0.5) is 4.39 Å². The first kappa shape index (κ1) is 10.0. The smallest absolute Gasteiger partial charge is 0.168 e. The second-order valence-electron chi connectivity index (χ2n) is 3.25. The van der Waals surface area contributed by atoms with Gasteiger partial charge in [0.2, 0.25) is 0 Å². The van der Waals surface area contributed by atoms with Gasteiger partial charge in [0.05, 0.1) is 6.61 Å². The van der Waals surface area contributed by atoms with Gasteiger partial charge in [0.25, 0.3) is 0 Å². The Morgan fingerprint density at radius 3 is 2.62 bits per heavy atom. The first-order chi connectivity index (χ1) is 6.16. The van der Waals surface area contributed by atoms with E-state index in [4.69, 9.17) is 4.74 Å². The molecule has 0 aromatic heterocycles. The topological polar surface area (TPSA) is 9.23 Å². The normalized spacial score (nSPS) is 10.5. The molecule has 0 atom stereocenters. The average molecular weight is 182 g/mol. The summed E-state index contributed by atoms with van der Waals surface area (Å²) in [4.78, 5) is 0. The lowest BCUT2D eigenvalue weighted by Crippen LogP contribution is -1.99. The molecule has 1 rings (SSSR count). The Labute approximate surface area is 78.5 Å². The zero-order chi connectivity index (χ0) is 9.84. The van der Waals surface area contributed by atoms with Crippen LogP contribution in [0.1, 0.15) is 32.3 Å². The van der Waals surface area contributed by atoms with Gasteiger partial charge < -0.3 is 4.74 Å². The fourth-order valence-corrected chi connectivity index (χ4v) is 1.24. The van der Waals surface area contributed by atoms with E-state index in [1.165, 1.54) is 0 Å². The minimum absolute atomic E-state index is 0.195. The Bertz CT molecular complexity index is 281. The van der Waals surface area contributed by atoms with Crippen molar-refractivity contribution >= 4 is 0 Å². The van der Waals surface area contributed by atoms with Crippen LogP contribution in [0.15, 0.2) is 18.2 Å². The number of hydrogen-bond acceptors (Lipinski definition) is 1. The van der Waals surface area contributed by atoms with Gasteiger partial charge in [-0.1, -0.05) is 26.0 Å². The van der Waals surface area contributed by atoms with E-state index in [1.807, 2.05) is 26.8 Å². The molecule has 2 heteroatoms. The largest absolute Gasteiger partial charge is 0.491 e. The molecule has 1 aromatic rings. The van der Waals surface area contributed by atoms with Crippen LogP contribution in [-0.4, -0.2) is 6.61 Å². The zero-order valence-electron chi connectivity index (χ0n) is 8.30. The first-order valence-corrected chi connectivity index (χ1v) is 4.58. The van der Waals surface area contributed by atoms with Gasteiger partial charge in [-0.25, -0.2) is 4.39 Å². The predicted molar refractivity (Wildman–Crippen MR) is 51.7 cm³/mol. The maximum Gasteiger partial charge on any atom is 0.168 e. The van der Waals surface area contributed by atoms with Gasteiger partial charge >= 0.3 is 0 Å². The fourth-order valence-electron chi connectivity index (χ4n) is 1.24. The van der Waals surface area contributed by atoms with Gasteiger partial charge in [0, 0.05) is 0 Å². The van der Waals surface area contributed by atoms with E-state index >= 15 is 0 Å². The molecule has 0 saturated heterocycles. The Morgan fingerprint density at radius 1 is 1.38 bits per heavy atom. The Hall–Kier alpha value is -1.05. The molecular weight excluding hydrogens is 167 g/mol. The highest BCUT2D eigenvalue weighted by Gasteiger charge is 2.10. The SMILES string of the molecule is CCOc1cccc(C(C)C)c1F. The minimum atomic E-state index is -0.223. The van der Waals surface area contributed by atoms with Crippen molar-refractivity contribution in [1.29, 1.82) is 0 Å². The van der Waals surface area contributed by atoms with Crippen LogP contribution in [0.2, 0.25) is 0 Å². The van der Waals surface area contributed by atoms with Gasteiger partial charge in [0.15, 0.2) is 11.6 Å². The maximum absolute atomic E-state index is 13.6. The number of benzene rings is 1. The lowest BCUT2D eigenvalue weighted by atomic mass is 10.0. The van der Waals surface area contributed by atoms with Gasteiger partial charge in [0.1, 0.15) is 0 Å². The van der Waals surface area contributed by atoms with E-state index < -0.39 is 0 Å². The van der Waals surface area contributed by atoms with Crippen LogP contribution < -0.4 is 4.74 Å². The van der Waals surface area contributed by atoms with E-state index in [9.17, 15) is 4.39 Å². The minimum Gasteiger partial charge on any atom is -0.491 e. The van der Waals surface area contributed by atoms with Crippen LogP contribution in [0, 0.1) is 5.82 Å². The standard InChI is InChI=1S/C11H15FO/c1-4-13-10-7-5-6-9(8(2)3)11(10)12/h5-8H,4H2,1-3H3. The van der Waals surface area contributed by atoms with E-state index in [0.29, 0.717) is 17.9 Å². The Balaban J connectivity index is 3.03. The molecule has 1 aromatic carbocycles. The molecular formula is C11H15FO. The monoisotopic (exact) mass is 182 g/mol. The first-order valence-electron chi connectivity index (χ1n) is 4.58. The average Bonchev–Trinajstić information content (AvgIpc) is 2.08. The molecule has 13 heavy (non-hydrogen) atoms. The summed E-state index contributed by atoms with van der Waals surface area (Å²) in [7, 11) is 0. The van der Waals surface area contributed by atoms with Crippen molar-refractivity contribution in [3.63, 3.8) is 0 Å². The van der Waals surface area contributed by atoms with E-state index in [-0.39, 0.29) is 11.7 Å². The Morgan fingerprint density at radius 2 is 2.08 bits per heavy atom. The lowest BCUT2D eigenvalue weighted by Gasteiger charge is -2.10. The highest BCUT2D eigenvalue weighted by molar-refractivity contribution is 5.32. The molecule has 0 N–H and O–H groups in total. The van der Waals surface area contributed by atoms with E-state index in [1.54, 1.807) is 12.1 Å². The van der Waals surface area contributed by atoms with Gasteiger partial charge in [-0.2, -0.15) is 0 Å². The highest BCUT2D eigenvalue weighted by Crippen LogP contribution is 2.25. The van der Waals surface area contributed by atoms with Crippen LogP contribution in [0.5, 0.6) is 5.75 Å². The fraction of sp³-hybridized carbons (Fsp3) is 0.455. The number of ether oxygens (including phenoxy) is 1. The van der Waals surface area contributed by atoms with Crippen molar-refractivity contribution in [2.45, 2.75) is 26.7 Å². The quantitative estimate of drug-likeness (QED) is 0.696. The lowest BCUT2D eigenvalue weighted by molar-refractivity contribution is 0.319. The number of rotatable bonds is 3. The Kier molecular flexibility index (Phi) is 3.29. The summed E-state index contributed by atoms with van der Waals surface area (Å²) in [6.45, 7) is 6.28. The molecule has 0 aliphatic carbocycles. The summed E-state index contributed by atoms with van der Waals surface area (Å²) < 4.78 is 18.7. The molecule has 0 fully saturated rings. The molecule has 0 unspecified atom stereocenters. The second-order valence-corrected chi connectivity index (χ2v) is 3.25. The molecule has 0 bridgehead atoms. The highest BCUT2D eigenvalue weighted by atomic mass is 19.1. The van der Waals surface area contributed by atoms with Gasteiger partial charge in [-0.15, -0.1) is 0 Å². The summed E-state index contributed by atoms with van der Waals surface area (Å²) in [5.74, 6) is 0.327. The second kappa shape index (κ2) is 4.26. The summed E-state index contributed by atoms with van der Waals surface area (Å²) in [5, 5.41) is 0. The molecule has 1 nitrogen and oxygen atoms in total. The molecule has 0 saturated carbocycles. The molecule has 0 radical (unpaired) electrons. The molecule has 0 amide bonds. The van der Waals surface area contributed by atoms with Crippen molar-refractivity contribution in [3.8, 4) is 5.75 Å². The van der Waals surface area contributed by atoms with Crippen molar-refractivity contribution < 1.29 is 9.13 Å². The van der Waals surface area contributed by atoms with Gasteiger partial charge in [-0.05, 0) is 24.5 Å². The predicted octanol–water partition coefficient (Wildman–Crippen LogP) is 3.35. The van der Waals surface area contributed by atoms with Crippen LogP contribution in [0.25, 0.3) is 0 Å². The summed E-state index contributed by atoms with van der Waals surface area (Å²) in [5.41, 5.74) is 0.714. The van der Waals surface area contributed by atoms with Crippen LogP contribution in [0.3, 0.4) is 0 Å². The van der Waals surface area contributed by atoms with Gasteiger partial charge in [-0.3, -0.25) is 0 Å². The van der Waals surface area contributed by atoms with Crippen LogP contribution >= 0.6 is 0 Å². The van der Waals surface area contributed by atoms with E-state index in [2.05, 4.69) is 0 Å². The molecule has 0 heterocycles. The molecule has 0 aliphatic heterocycles. The third-order valence-electron chi connectivity index (χ3n) is 1.92. The number of hydrogen-bond donors (Lipinski definition) is 0. The number of halogens is 1. The summed E-state index contributed by atoms with van der Waals surface area (Å²) in [6.07, 6.45) is 0. The van der Waals surface area contributed by atoms with Crippen molar-refractivity contribution in [2.75, 3.05) is 6.61 Å². The summed E-state index contributed by atoms with van der Waals surface area (Å²) >= 11 is 0.